The van der Waals surface area contributed by atoms with Gasteiger partial charge in [0.1, 0.15) is 18.1 Å². The lowest BCUT2D eigenvalue weighted by molar-refractivity contribution is -0.140. The summed E-state index contributed by atoms with van der Waals surface area (Å²) in [5.41, 5.74) is 3.08. The minimum Gasteiger partial charge on any atom is -0.507 e. The van der Waals surface area contributed by atoms with Gasteiger partial charge in [0.25, 0.3) is 11.7 Å². The van der Waals surface area contributed by atoms with E-state index in [-0.39, 0.29) is 17.9 Å². The van der Waals surface area contributed by atoms with Crippen molar-refractivity contribution < 1.29 is 19.4 Å². The van der Waals surface area contributed by atoms with Crippen molar-refractivity contribution in [3.63, 3.8) is 0 Å². The molecule has 0 spiro atoms. The molecule has 2 aromatic carbocycles. The predicted octanol–water partition coefficient (Wildman–Crippen LogP) is 4.58. The van der Waals surface area contributed by atoms with Gasteiger partial charge in [-0.3, -0.25) is 14.6 Å². The summed E-state index contributed by atoms with van der Waals surface area (Å²) in [4.78, 5) is 31.8. The van der Waals surface area contributed by atoms with Crippen LogP contribution in [0.1, 0.15) is 28.3 Å². The van der Waals surface area contributed by atoms with Crippen LogP contribution in [0.15, 0.2) is 91.3 Å². The summed E-state index contributed by atoms with van der Waals surface area (Å²) in [6.45, 7) is 6.14. The quantitative estimate of drug-likeness (QED) is 0.252. The van der Waals surface area contributed by atoms with Crippen LogP contribution in [0.2, 0.25) is 0 Å². The van der Waals surface area contributed by atoms with Gasteiger partial charge in [-0.15, -0.1) is 0 Å². The number of ketones is 1. The Kier molecular flexibility index (Phi) is 6.36. The van der Waals surface area contributed by atoms with E-state index in [2.05, 4.69) is 11.6 Å². The van der Waals surface area contributed by atoms with Crippen molar-refractivity contribution >= 4 is 17.4 Å². The zero-order valence-corrected chi connectivity index (χ0v) is 18.3. The van der Waals surface area contributed by atoms with Crippen LogP contribution in [0.25, 0.3) is 5.76 Å². The molecule has 0 radical (unpaired) electrons. The van der Waals surface area contributed by atoms with Gasteiger partial charge >= 0.3 is 0 Å². The molecule has 166 valence electrons. The van der Waals surface area contributed by atoms with E-state index in [9.17, 15) is 14.7 Å². The number of nitrogens with zero attached hydrogens (tertiary/aromatic N) is 2. The molecule has 1 fully saturated rings. The van der Waals surface area contributed by atoms with Gasteiger partial charge in [0.15, 0.2) is 0 Å². The predicted molar refractivity (Wildman–Crippen MR) is 125 cm³/mol. The third-order valence-corrected chi connectivity index (χ3v) is 5.50. The Morgan fingerprint density at radius 2 is 1.85 bits per heavy atom. The molecule has 1 saturated heterocycles. The molecule has 6 heteroatoms. The van der Waals surface area contributed by atoms with Gasteiger partial charge in [-0.25, -0.2) is 0 Å². The molecule has 4 rings (SSSR count). The molecule has 1 atom stereocenters. The molecule has 6 nitrogen and oxygen atoms in total. The van der Waals surface area contributed by atoms with E-state index in [1.165, 1.54) is 4.90 Å². The number of aliphatic hydroxyl groups excluding tert-OH is 1. The van der Waals surface area contributed by atoms with E-state index < -0.39 is 17.7 Å². The van der Waals surface area contributed by atoms with Gasteiger partial charge in [0.05, 0.1) is 11.6 Å². The minimum absolute atomic E-state index is 0.0625. The largest absolute Gasteiger partial charge is 0.507 e. The number of aromatic nitrogens is 1. The van der Waals surface area contributed by atoms with Crippen molar-refractivity contribution in [1.29, 1.82) is 0 Å². The zero-order chi connectivity index (χ0) is 23.4. The molecule has 33 heavy (non-hydrogen) atoms. The van der Waals surface area contributed by atoms with Crippen LogP contribution in [0.5, 0.6) is 5.75 Å². The Hall–Kier alpha value is -4.19. The maximum atomic E-state index is 13.1. The van der Waals surface area contributed by atoms with Crippen LogP contribution >= 0.6 is 0 Å². The van der Waals surface area contributed by atoms with Crippen LogP contribution in [-0.2, 0) is 16.1 Å². The number of ether oxygens (including phenoxy) is 1. The number of carbonyl (C=O) groups is 2. The third kappa shape index (κ3) is 4.55. The second-order valence-corrected chi connectivity index (χ2v) is 7.82. The van der Waals surface area contributed by atoms with Crippen molar-refractivity contribution in [3.8, 4) is 5.75 Å². The van der Waals surface area contributed by atoms with Crippen molar-refractivity contribution in [2.75, 3.05) is 6.61 Å². The number of hydrogen-bond donors (Lipinski definition) is 1. The van der Waals surface area contributed by atoms with Crippen molar-refractivity contribution in [3.05, 3.63) is 114 Å². The number of aryl methyl sites for hydroxylation is 1. The van der Waals surface area contributed by atoms with Crippen LogP contribution in [0, 0.1) is 6.92 Å². The number of aliphatic hydroxyl groups is 1. The van der Waals surface area contributed by atoms with E-state index >= 15 is 0 Å². The van der Waals surface area contributed by atoms with Gasteiger partial charge in [-0.1, -0.05) is 48.6 Å². The molecule has 2 heterocycles. The summed E-state index contributed by atoms with van der Waals surface area (Å²) in [5.74, 6) is -0.979. The molecule has 3 aromatic rings. The number of Topliss-reactive ketones (excluding diaryl/α,β-unsaturated/α-hetero) is 1. The van der Waals surface area contributed by atoms with Gasteiger partial charge in [-0.2, -0.15) is 0 Å². The highest BCUT2D eigenvalue weighted by molar-refractivity contribution is 6.46. The maximum Gasteiger partial charge on any atom is 0.295 e. The van der Waals surface area contributed by atoms with Gasteiger partial charge in [0, 0.05) is 24.5 Å². The SMILES string of the molecule is C=CCOc1ccc(/C(O)=C2\C(=O)C(=O)N(Cc3cccnc3)[C@@H]2c2ccc(C)cc2)cc1. The fourth-order valence-corrected chi connectivity index (χ4v) is 3.85. The lowest BCUT2D eigenvalue weighted by Crippen LogP contribution is -2.29. The summed E-state index contributed by atoms with van der Waals surface area (Å²) < 4.78 is 5.49. The molecule has 0 aliphatic carbocycles. The lowest BCUT2D eigenvalue weighted by atomic mass is 9.94. The number of pyridine rings is 1. The Bertz CT molecular complexity index is 1200. The fourth-order valence-electron chi connectivity index (χ4n) is 3.85. The monoisotopic (exact) mass is 440 g/mol. The van der Waals surface area contributed by atoms with Crippen LogP contribution in [-0.4, -0.2) is 33.3 Å². The summed E-state index contributed by atoms with van der Waals surface area (Å²) >= 11 is 0. The summed E-state index contributed by atoms with van der Waals surface area (Å²) in [7, 11) is 0. The Morgan fingerprint density at radius 1 is 1.12 bits per heavy atom. The molecule has 1 aromatic heterocycles. The van der Waals surface area contributed by atoms with Crippen molar-refractivity contribution in [2.24, 2.45) is 0 Å². The van der Waals surface area contributed by atoms with Gasteiger partial charge in [0.2, 0.25) is 0 Å². The minimum atomic E-state index is -0.720. The highest BCUT2D eigenvalue weighted by Gasteiger charge is 2.46. The smallest absolute Gasteiger partial charge is 0.295 e. The van der Waals surface area contributed by atoms with E-state index in [0.717, 1.165) is 16.7 Å². The first-order valence-electron chi connectivity index (χ1n) is 10.6. The average Bonchev–Trinajstić information content (AvgIpc) is 3.08. The molecule has 1 aliphatic rings. The number of amides is 1. The molecule has 1 N–H and O–H groups in total. The van der Waals surface area contributed by atoms with E-state index in [0.29, 0.717) is 17.9 Å². The Balaban J connectivity index is 1.78. The third-order valence-electron chi connectivity index (χ3n) is 5.50. The molecule has 0 saturated carbocycles. The van der Waals surface area contributed by atoms with E-state index in [1.807, 2.05) is 37.3 Å². The zero-order valence-electron chi connectivity index (χ0n) is 18.3. The summed E-state index contributed by atoms with van der Waals surface area (Å²) in [6.07, 6.45) is 4.95. The molecule has 1 amide bonds. The first-order chi connectivity index (χ1) is 16.0. The number of rotatable bonds is 7. The molecule has 1 aliphatic heterocycles. The Labute approximate surface area is 192 Å². The van der Waals surface area contributed by atoms with Crippen LogP contribution in [0.4, 0.5) is 0 Å². The van der Waals surface area contributed by atoms with Gasteiger partial charge in [-0.05, 0) is 48.4 Å². The number of likely N-dealkylation sites (tertiary alicyclic amines) is 1. The van der Waals surface area contributed by atoms with Crippen LogP contribution < -0.4 is 4.74 Å². The highest BCUT2D eigenvalue weighted by atomic mass is 16.5. The van der Waals surface area contributed by atoms with E-state index in [4.69, 9.17) is 4.74 Å². The summed E-state index contributed by atoms with van der Waals surface area (Å²) in [5, 5.41) is 11.2. The normalized spacial score (nSPS) is 17.2. The first-order valence-corrected chi connectivity index (χ1v) is 10.6. The average molecular weight is 440 g/mol. The topological polar surface area (TPSA) is 79.7 Å². The number of carbonyl (C=O) groups excluding carboxylic acids is 2. The van der Waals surface area contributed by atoms with Crippen molar-refractivity contribution in [2.45, 2.75) is 19.5 Å². The molecule has 0 unspecified atom stereocenters. The van der Waals surface area contributed by atoms with Crippen LogP contribution in [0.3, 0.4) is 0 Å². The maximum absolute atomic E-state index is 13.1. The highest BCUT2D eigenvalue weighted by Crippen LogP contribution is 2.40. The van der Waals surface area contributed by atoms with Crippen molar-refractivity contribution in [1.82, 2.24) is 9.88 Å². The lowest BCUT2D eigenvalue weighted by Gasteiger charge is -2.25. The fraction of sp³-hybridized carbons (Fsp3) is 0.148. The van der Waals surface area contributed by atoms with Gasteiger partial charge < -0.3 is 14.7 Å². The Morgan fingerprint density at radius 3 is 2.48 bits per heavy atom. The first kappa shape index (κ1) is 22.0. The molecular formula is C27H24N2O4. The number of benzene rings is 2. The molecule has 0 bridgehead atoms. The second-order valence-electron chi connectivity index (χ2n) is 7.82. The standard InChI is InChI=1S/C27H24N2O4/c1-3-15-33-22-12-10-21(11-13-22)25(30)23-24(20-8-6-18(2)7-9-20)29(27(32)26(23)31)17-19-5-4-14-28-16-19/h3-14,16,24,30H,1,15,17H2,2H3/b25-23+/t24-/m1/s1. The van der Waals surface area contributed by atoms with E-state index in [1.54, 1.807) is 48.8 Å². The second kappa shape index (κ2) is 9.53. The summed E-state index contributed by atoms with van der Waals surface area (Å²) in [6, 6.07) is 17.2. The molecular weight excluding hydrogens is 416 g/mol. The number of hydrogen-bond acceptors (Lipinski definition) is 5.